The van der Waals surface area contributed by atoms with Gasteiger partial charge < -0.3 is 19.7 Å². The predicted molar refractivity (Wildman–Crippen MR) is 110 cm³/mol. The molecule has 0 unspecified atom stereocenters. The highest BCUT2D eigenvalue weighted by atomic mass is 35.5. The number of carbonyl (C=O) groups is 4. The van der Waals surface area contributed by atoms with E-state index in [1.807, 2.05) is 6.07 Å². The molecular weight excluding hydrogens is 412 g/mol. The van der Waals surface area contributed by atoms with Crippen molar-refractivity contribution in [3.8, 4) is 0 Å². The predicted octanol–water partition coefficient (Wildman–Crippen LogP) is 2.81. The molecule has 1 N–H and O–H groups in total. The molecule has 0 radical (unpaired) electrons. The van der Waals surface area contributed by atoms with E-state index in [0.717, 1.165) is 12.8 Å². The molecule has 0 aromatic heterocycles. The molecule has 9 heteroatoms. The van der Waals surface area contributed by atoms with Crippen LogP contribution in [0.4, 0.5) is 4.79 Å². The molecule has 1 fully saturated rings. The average molecular weight is 439 g/mol. The van der Waals surface area contributed by atoms with Crippen LogP contribution in [0.1, 0.15) is 45.1 Å². The van der Waals surface area contributed by atoms with Gasteiger partial charge in [-0.1, -0.05) is 36.2 Å². The van der Waals surface area contributed by atoms with E-state index in [1.165, 1.54) is 25.8 Å². The Morgan fingerprint density at radius 3 is 2.57 bits per heavy atom. The summed E-state index contributed by atoms with van der Waals surface area (Å²) >= 11 is 6.35. The van der Waals surface area contributed by atoms with Gasteiger partial charge >= 0.3 is 12.1 Å². The molecular formula is C21H27ClN2O6. The number of benzene rings is 1. The number of carbonyl (C=O) groups excluding carboxylic acids is 4. The standard InChI is InChI=1S/C21H27ClN2O6/c1-14(25)24(3)12-19(27)29-15(2)30-20(28)23-13-21(11-7-6-10-18(21)26)16-8-4-5-9-17(16)22/h4-5,8-9,15H,6-7,10-13H2,1-3H3,(H,23,28)/t15-,21+/m0/s1. The zero-order valence-corrected chi connectivity index (χ0v) is 18.2. The number of nitrogens with one attached hydrogen (secondary N) is 1. The molecule has 1 aliphatic carbocycles. The molecule has 1 saturated carbocycles. The number of likely N-dealkylation sites (N-methyl/N-ethyl adjacent to an activating group) is 1. The summed E-state index contributed by atoms with van der Waals surface area (Å²) in [6.45, 7) is 2.49. The second kappa shape index (κ2) is 10.4. The maximum absolute atomic E-state index is 12.9. The van der Waals surface area contributed by atoms with Crippen LogP contribution in [-0.2, 0) is 29.3 Å². The van der Waals surface area contributed by atoms with Crippen LogP contribution in [0.3, 0.4) is 0 Å². The lowest BCUT2D eigenvalue weighted by Gasteiger charge is -2.37. The van der Waals surface area contributed by atoms with Crippen LogP contribution in [0.2, 0.25) is 5.02 Å². The van der Waals surface area contributed by atoms with Gasteiger partial charge in [0.25, 0.3) is 0 Å². The summed E-state index contributed by atoms with van der Waals surface area (Å²) in [4.78, 5) is 49.2. The molecule has 1 aromatic carbocycles. The first-order valence-electron chi connectivity index (χ1n) is 9.79. The van der Waals surface area contributed by atoms with E-state index in [-0.39, 0.29) is 24.8 Å². The number of rotatable bonds is 7. The van der Waals surface area contributed by atoms with Crippen LogP contribution >= 0.6 is 11.6 Å². The van der Waals surface area contributed by atoms with E-state index in [2.05, 4.69) is 5.32 Å². The van der Waals surface area contributed by atoms with Gasteiger partial charge in [-0.15, -0.1) is 0 Å². The molecule has 0 heterocycles. The molecule has 1 aromatic rings. The second-order valence-electron chi connectivity index (χ2n) is 7.38. The summed E-state index contributed by atoms with van der Waals surface area (Å²) in [5.41, 5.74) is -0.233. The van der Waals surface area contributed by atoms with Gasteiger partial charge in [-0.25, -0.2) is 4.79 Å². The first-order chi connectivity index (χ1) is 14.2. The lowest BCUT2D eigenvalue weighted by atomic mass is 9.68. The number of amides is 2. The number of alkyl carbamates (subject to hydrolysis) is 1. The van der Waals surface area contributed by atoms with Crippen molar-refractivity contribution < 1.29 is 28.7 Å². The van der Waals surface area contributed by atoms with E-state index >= 15 is 0 Å². The van der Waals surface area contributed by atoms with Crippen molar-refractivity contribution in [1.82, 2.24) is 10.2 Å². The SMILES string of the molecule is CC(=O)N(C)CC(=O)O[C@H](C)OC(=O)NC[C@@]1(c2ccccc2Cl)CCCCC1=O. The topological polar surface area (TPSA) is 102 Å². The molecule has 1 aliphatic rings. The van der Waals surface area contributed by atoms with Crippen LogP contribution in [0, 0.1) is 0 Å². The Balaban J connectivity index is 1.98. The van der Waals surface area contributed by atoms with E-state index in [0.29, 0.717) is 23.4 Å². The van der Waals surface area contributed by atoms with Crippen molar-refractivity contribution in [2.75, 3.05) is 20.1 Å². The second-order valence-corrected chi connectivity index (χ2v) is 7.79. The highest BCUT2D eigenvalue weighted by Gasteiger charge is 2.43. The molecule has 2 atom stereocenters. The molecule has 164 valence electrons. The van der Waals surface area contributed by atoms with Crippen LogP contribution in [0.15, 0.2) is 24.3 Å². The Hall–Kier alpha value is -2.61. The van der Waals surface area contributed by atoms with Gasteiger partial charge in [0.1, 0.15) is 12.3 Å². The molecule has 2 rings (SSSR count). The highest BCUT2D eigenvalue weighted by Crippen LogP contribution is 2.39. The zero-order valence-electron chi connectivity index (χ0n) is 17.4. The maximum Gasteiger partial charge on any atom is 0.410 e. The van der Waals surface area contributed by atoms with Crippen molar-refractivity contribution in [3.63, 3.8) is 0 Å². The number of halogens is 1. The minimum atomic E-state index is -1.16. The minimum Gasteiger partial charge on any atom is -0.424 e. The van der Waals surface area contributed by atoms with Crippen molar-refractivity contribution in [1.29, 1.82) is 0 Å². The number of esters is 1. The number of ether oxygens (including phenoxy) is 2. The molecule has 0 bridgehead atoms. The minimum absolute atomic E-state index is 0.0221. The van der Waals surface area contributed by atoms with Gasteiger partial charge in [0.15, 0.2) is 0 Å². The fraction of sp³-hybridized carbons (Fsp3) is 0.524. The lowest BCUT2D eigenvalue weighted by Crippen LogP contribution is -2.49. The summed E-state index contributed by atoms with van der Waals surface area (Å²) in [6.07, 6.45) is 0.649. The van der Waals surface area contributed by atoms with Gasteiger partial charge in [-0.2, -0.15) is 0 Å². The van der Waals surface area contributed by atoms with Crippen LogP contribution in [-0.4, -0.2) is 55.1 Å². The van der Waals surface area contributed by atoms with Gasteiger partial charge in [0, 0.05) is 38.9 Å². The Labute approximate surface area is 180 Å². The summed E-state index contributed by atoms with van der Waals surface area (Å²) in [5, 5.41) is 3.09. The zero-order chi connectivity index (χ0) is 22.3. The van der Waals surface area contributed by atoms with Crippen molar-refractivity contribution >= 4 is 35.4 Å². The van der Waals surface area contributed by atoms with E-state index in [9.17, 15) is 19.2 Å². The fourth-order valence-corrected chi connectivity index (χ4v) is 3.79. The van der Waals surface area contributed by atoms with Crippen LogP contribution in [0.5, 0.6) is 0 Å². The third kappa shape index (κ3) is 5.95. The van der Waals surface area contributed by atoms with Gasteiger partial charge in [0.2, 0.25) is 12.2 Å². The summed E-state index contributed by atoms with van der Waals surface area (Å²) < 4.78 is 10.0. The third-order valence-corrected chi connectivity index (χ3v) is 5.52. The summed E-state index contributed by atoms with van der Waals surface area (Å²) in [7, 11) is 1.46. The Morgan fingerprint density at radius 1 is 1.23 bits per heavy atom. The van der Waals surface area contributed by atoms with Crippen molar-refractivity contribution in [3.05, 3.63) is 34.9 Å². The Bertz CT molecular complexity index is 814. The summed E-state index contributed by atoms with van der Waals surface area (Å²) in [6, 6.07) is 7.11. The van der Waals surface area contributed by atoms with Gasteiger partial charge in [-0.3, -0.25) is 14.4 Å². The van der Waals surface area contributed by atoms with E-state index in [1.54, 1.807) is 18.2 Å². The molecule has 0 saturated heterocycles. The number of hydrogen-bond donors (Lipinski definition) is 1. The number of ketones is 1. The third-order valence-electron chi connectivity index (χ3n) is 5.19. The average Bonchev–Trinajstić information content (AvgIpc) is 2.67. The monoisotopic (exact) mass is 438 g/mol. The Kier molecular flexibility index (Phi) is 8.23. The molecule has 0 spiro atoms. The van der Waals surface area contributed by atoms with Crippen molar-refractivity contribution in [2.45, 2.75) is 51.2 Å². The van der Waals surface area contributed by atoms with Gasteiger partial charge in [0.05, 0.1) is 5.41 Å². The molecule has 30 heavy (non-hydrogen) atoms. The first-order valence-corrected chi connectivity index (χ1v) is 10.2. The first kappa shape index (κ1) is 23.7. The van der Waals surface area contributed by atoms with Crippen LogP contribution < -0.4 is 5.32 Å². The van der Waals surface area contributed by atoms with Crippen LogP contribution in [0.25, 0.3) is 0 Å². The normalized spacial score (nSPS) is 19.5. The highest BCUT2D eigenvalue weighted by molar-refractivity contribution is 6.31. The fourth-order valence-electron chi connectivity index (χ4n) is 3.47. The quantitative estimate of drug-likeness (QED) is 0.518. The van der Waals surface area contributed by atoms with E-state index in [4.69, 9.17) is 21.1 Å². The number of Topliss-reactive ketones (excluding diaryl/α,β-unsaturated/α-hetero) is 1. The smallest absolute Gasteiger partial charge is 0.410 e. The maximum atomic E-state index is 12.9. The number of hydrogen-bond acceptors (Lipinski definition) is 6. The van der Waals surface area contributed by atoms with Gasteiger partial charge in [-0.05, 0) is 24.5 Å². The van der Waals surface area contributed by atoms with E-state index < -0.39 is 23.8 Å². The molecule has 2 amide bonds. The largest absolute Gasteiger partial charge is 0.424 e. The number of nitrogens with zero attached hydrogens (tertiary/aromatic N) is 1. The summed E-state index contributed by atoms with van der Waals surface area (Å²) in [5.74, 6) is -0.975. The van der Waals surface area contributed by atoms with Crippen molar-refractivity contribution in [2.24, 2.45) is 0 Å². The lowest BCUT2D eigenvalue weighted by molar-refractivity contribution is -0.167. The molecule has 8 nitrogen and oxygen atoms in total. The Morgan fingerprint density at radius 2 is 1.93 bits per heavy atom. The molecule has 0 aliphatic heterocycles.